The van der Waals surface area contributed by atoms with E-state index in [2.05, 4.69) is 5.10 Å². The first-order valence-electron chi connectivity index (χ1n) is 12.1. The molecule has 3 aliphatic rings. The standard InChI is InChI=1S/C29H23N3O6/c1-37-18-13-11-16(12-14-18)26(33)25-23-22(24-19-8-4-3-7-17(19)15-30-32(24)25)27(34)31(28(23)35)21-10-6-5-9-20(21)29(36)38-2/h3-15,22-25H,1-2H3/t22-,23+,24+,25+/m0/s1. The SMILES string of the molecule is COC(=O)c1ccccc1N1C(=O)[C@@H]2[C@H](C1=O)[C@H]1c3ccccc3C=NN1[C@H]2C(=O)c1ccc(OC)cc1. The second-order valence-corrected chi connectivity index (χ2v) is 9.31. The van der Waals surface area contributed by atoms with Gasteiger partial charge in [0.25, 0.3) is 0 Å². The van der Waals surface area contributed by atoms with Gasteiger partial charge in [0.15, 0.2) is 5.78 Å². The molecule has 2 fully saturated rings. The molecule has 3 aromatic rings. The molecule has 4 atom stereocenters. The smallest absolute Gasteiger partial charge is 0.339 e. The number of hydrazone groups is 1. The number of anilines is 1. The lowest BCUT2D eigenvalue weighted by atomic mass is 9.83. The summed E-state index contributed by atoms with van der Waals surface area (Å²) in [7, 11) is 2.77. The number of benzene rings is 3. The molecule has 3 aliphatic heterocycles. The van der Waals surface area contributed by atoms with Crippen molar-refractivity contribution in [3.8, 4) is 5.75 Å². The average Bonchev–Trinajstić information content (AvgIpc) is 3.44. The zero-order valence-electron chi connectivity index (χ0n) is 20.6. The molecule has 9 nitrogen and oxygen atoms in total. The second kappa shape index (κ2) is 8.95. The molecule has 0 N–H and O–H groups in total. The summed E-state index contributed by atoms with van der Waals surface area (Å²) >= 11 is 0. The number of ketones is 1. The van der Waals surface area contributed by atoms with Crippen LogP contribution >= 0.6 is 0 Å². The summed E-state index contributed by atoms with van der Waals surface area (Å²) in [6, 6.07) is 18.8. The molecule has 190 valence electrons. The monoisotopic (exact) mass is 509 g/mol. The summed E-state index contributed by atoms with van der Waals surface area (Å²) in [5.41, 5.74) is 2.23. The van der Waals surface area contributed by atoms with Crippen LogP contribution in [-0.4, -0.2) is 55.1 Å². The Morgan fingerprint density at radius 2 is 1.53 bits per heavy atom. The number of ether oxygens (including phenoxy) is 2. The van der Waals surface area contributed by atoms with Gasteiger partial charge in [0.05, 0.1) is 49.6 Å². The van der Waals surface area contributed by atoms with Gasteiger partial charge in [-0.25, -0.2) is 9.69 Å². The molecule has 6 rings (SSSR count). The number of para-hydroxylation sites is 1. The minimum atomic E-state index is -1.02. The molecule has 2 saturated heterocycles. The van der Waals surface area contributed by atoms with Gasteiger partial charge in [-0.3, -0.25) is 19.4 Å². The highest BCUT2D eigenvalue weighted by Crippen LogP contribution is 2.53. The fourth-order valence-corrected chi connectivity index (χ4v) is 5.78. The average molecular weight is 510 g/mol. The highest BCUT2D eigenvalue weighted by molar-refractivity contribution is 6.26. The molecule has 3 heterocycles. The predicted octanol–water partition coefficient (Wildman–Crippen LogP) is 3.24. The van der Waals surface area contributed by atoms with Crippen LogP contribution in [0.2, 0.25) is 0 Å². The van der Waals surface area contributed by atoms with Gasteiger partial charge >= 0.3 is 5.97 Å². The molecule has 0 spiro atoms. The Labute approximate surface area is 218 Å². The number of imide groups is 1. The third kappa shape index (κ3) is 3.35. The fraction of sp³-hybridized carbons (Fsp3) is 0.207. The highest BCUT2D eigenvalue weighted by atomic mass is 16.5. The van der Waals surface area contributed by atoms with Crippen LogP contribution in [0.4, 0.5) is 5.69 Å². The molecule has 2 amide bonds. The van der Waals surface area contributed by atoms with E-state index in [4.69, 9.17) is 9.47 Å². The zero-order chi connectivity index (χ0) is 26.6. The van der Waals surface area contributed by atoms with Crippen molar-refractivity contribution in [3.63, 3.8) is 0 Å². The van der Waals surface area contributed by atoms with E-state index in [1.807, 2.05) is 24.3 Å². The summed E-state index contributed by atoms with van der Waals surface area (Å²) in [5.74, 6) is -3.32. The number of methoxy groups -OCH3 is 2. The van der Waals surface area contributed by atoms with E-state index in [0.29, 0.717) is 11.3 Å². The quantitative estimate of drug-likeness (QED) is 0.295. The van der Waals surface area contributed by atoms with Gasteiger partial charge in [0.2, 0.25) is 11.8 Å². The lowest BCUT2D eigenvalue weighted by molar-refractivity contribution is -0.124. The molecule has 0 saturated carbocycles. The second-order valence-electron chi connectivity index (χ2n) is 9.31. The first kappa shape index (κ1) is 23.6. The van der Waals surface area contributed by atoms with Crippen LogP contribution < -0.4 is 9.64 Å². The maximum atomic E-state index is 14.1. The Morgan fingerprint density at radius 1 is 0.842 bits per heavy atom. The first-order chi connectivity index (χ1) is 18.5. The predicted molar refractivity (Wildman–Crippen MR) is 137 cm³/mol. The van der Waals surface area contributed by atoms with Crippen LogP contribution in [0.15, 0.2) is 77.9 Å². The fourth-order valence-electron chi connectivity index (χ4n) is 5.78. The lowest BCUT2D eigenvalue weighted by Crippen LogP contribution is -2.45. The van der Waals surface area contributed by atoms with Crippen LogP contribution in [0.25, 0.3) is 0 Å². The Hall–Kier alpha value is -4.79. The minimum Gasteiger partial charge on any atom is -0.497 e. The van der Waals surface area contributed by atoms with Crippen LogP contribution in [0.3, 0.4) is 0 Å². The van der Waals surface area contributed by atoms with Crippen LogP contribution in [0.1, 0.15) is 37.9 Å². The Kier molecular flexibility index (Phi) is 5.56. The molecule has 38 heavy (non-hydrogen) atoms. The van der Waals surface area contributed by atoms with Crippen molar-refractivity contribution >= 4 is 35.5 Å². The number of carbonyl (C=O) groups is 4. The van der Waals surface area contributed by atoms with Gasteiger partial charge in [-0.05, 0) is 47.5 Å². The van der Waals surface area contributed by atoms with Gasteiger partial charge in [-0.2, -0.15) is 5.10 Å². The van der Waals surface area contributed by atoms with E-state index in [1.54, 1.807) is 47.6 Å². The van der Waals surface area contributed by atoms with Gasteiger partial charge in [-0.1, -0.05) is 36.4 Å². The number of Topliss-reactive ketones (excluding diaryl/α,β-unsaturated/α-hetero) is 1. The van der Waals surface area contributed by atoms with E-state index >= 15 is 0 Å². The highest BCUT2D eigenvalue weighted by Gasteiger charge is 2.65. The molecular weight excluding hydrogens is 486 g/mol. The minimum absolute atomic E-state index is 0.0913. The van der Waals surface area contributed by atoms with E-state index in [1.165, 1.54) is 26.4 Å². The van der Waals surface area contributed by atoms with Crippen molar-refractivity contribution in [2.24, 2.45) is 16.9 Å². The third-order valence-corrected chi connectivity index (χ3v) is 7.49. The Morgan fingerprint density at radius 3 is 2.26 bits per heavy atom. The number of hydrogen-bond donors (Lipinski definition) is 0. The van der Waals surface area contributed by atoms with Crippen molar-refractivity contribution < 1.29 is 28.7 Å². The summed E-state index contributed by atoms with van der Waals surface area (Å²) < 4.78 is 10.1. The summed E-state index contributed by atoms with van der Waals surface area (Å²) in [6.45, 7) is 0. The molecule has 0 aromatic heterocycles. The molecule has 0 unspecified atom stereocenters. The van der Waals surface area contributed by atoms with E-state index in [9.17, 15) is 19.2 Å². The Balaban J connectivity index is 1.49. The number of amides is 2. The first-order valence-corrected chi connectivity index (χ1v) is 12.1. The normalized spacial score (nSPS) is 23.1. The summed E-state index contributed by atoms with van der Waals surface area (Å²) in [5, 5.41) is 6.17. The van der Waals surface area contributed by atoms with Gasteiger partial charge in [0.1, 0.15) is 11.8 Å². The van der Waals surface area contributed by atoms with Crippen molar-refractivity contribution in [1.29, 1.82) is 0 Å². The maximum absolute atomic E-state index is 14.1. The summed E-state index contributed by atoms with van der Waals surface area (Å²) in [6.07, 6.45) is 1.65. The van der Waals surface area contributed by atoms with E-state index in [0.717, 1.165) is 16.0 Å². The molecule has 3 aromatic carbocycles. The number of rotatable bonds is 5. The van der Waals surface area contributed by atoms with Crippen molar-refractivity contribution in [1.82, 2.24) is 5.01 Å². The number of nitrogens with zero attached hydrogens (tertiary/aromatic N) is 3. The van der Waals surface area contributed by atoms with Crippen LogP contribution in [0, 0.1) is 11.8 Å². The number of carbonyl (C=O) groups excluding carboxylic acids is 4. The topological polar surface area (TPSA) is 106 Å². The van der Waals surface area contributed by atoms with Crippen molar-refractivity contribution in [2.45, 2.75) is 12.1 Å². The van der Waals surface area contributed by atoms with Gasteiger partial charge < -0.3 is 9.47 Å². The zero-order valence-corrected chi connectivity index (χ0v) is 20.6. The van der Waals surface area contributed by atoms with Crippen molar-refractivity contribution in [3.05, 3.63) is 95.1 Å². The molecule has 0 aliphatic carbocycles. The number of fused-ring (bicyclic) bond motifs is 5. The molecule has 0 bridgehead atoms. The maximum Gasteiger partial charge on any atom is 0.339 e. The molecule has 0 radical (unpaired) electrons. The molecule has 9 heteroatoms. The summed E-state index contributed by atoms with van der Waals surface area (Å²) in [4.78, 5) is 55.6. The van der Waals surface area contributed by atoms with E-state index in [-0.39, 0.29) is 17.0 Å². The molecular formula is C29H23N3O6. The number of hydrogen-bond acceptors (Lipinski definition) is 8. The Bertz CT molecular complexity index is 1510. The van der Waals surface area contributed by atoms with Gasteiger partial charge in [-0.15, -0.1) is 0 Å². The number of esters is 1. The van der Waals surface area contributed by atoms with E-state index < -0.39 is 41.7 Å². The van der Waals surface area contributed by atoms with Gasteiger partial charge in [0, 0.05) is 5.56 Å². The van der Waals surface area contributed by atoms with Crippen molar-refractivity contribution in [2.75, 3.05) is 19.1 Å². The third-order valence-electron chi connectivity index (χ3n) is 7.49. The largest absolute Gasteiger partial charge is 0.497 e. The van der Waals surface area contributed by atoms with Crippen LogP contribution in [0.5, 0.6) is 5.75 Å². The lowest BCUT2D eigenvalue weighted by Gasteiger charge is -2.34. The van der Waals surface area contributed by atoms with Crippen LogP contribution in [-0.2, 0) is 14.3 Å².